The first-order valence-electron chi connectivity index (χ1n) is 11.1. The Kier molecular flexibility index (Phi) is 7.23. The number of halogens is 1. The summed E-state index contributed by atoms with van der Waals surface area (Å²) in [5, 5.41) is 8.16. The molecule has 10 heteroatoms. The fraction of sp³-hybridized carbons (Fsp3) is 0.522. The number of nitrogens with zero attached hydrogens (tertiary/aromatic N) is 5. The summed E-state index contributed by atoms with van der Waals surface area (Å²) in [6.45, 7) is 4.58. The monoisotopic (exact) mass is 475 g/mol. The number of methoxy groups -OCH3 is 1. The average molecular weight is 476 g/mol. The molecule has 0 saturated carbocycles. The Hall–Kier alpha value is -2.59. The molecular formula is C23H30FN5O3S. The Bertz CT molecular complexity index is 1010. The van der Waals surface area contributed by atoms with Gasteiger partial charge in [-0.3, -0.25) is 4.79 Å². The van der Waals surface area contributed by atoms with Gasteiger partial charge in [0.05, 0.1) is 24.0 Å². The molecule has 0 N–H and O–H groups in total. The summed E-state index contributed by atoms with van der Waals surface area (Å²) in [7, 11) is 0.413. The Morgan fingerprint density at radius 1 is 1.21 bits per heavy atom. The number of carbonyl (C=O) groups excluding carboxylic acids is 1. The van der Waals surface area contributed by atoms with Gasteiger partial charge in [-0.1, -0.05) is 6.07 Å². The zero-order chi connectivity index (χ0) is 23.5. The first-order chi connectivity index (χ1) is 15.9. The van der Waals surface area contributed by atoms with E-state index in [-0.39, 0.29) is 23.7 Å². The molecule has 0 bridgehead atoms. The molecule has 2 fully saturated rings. The van der Waals surface area contributed by atoms with Crippen molar-refractivity contribution in [2.45, 2.75) is 25.3 Å². The third-order valence-electron chi connectivity index (χ3n) is 6.67. The zero-order valence-electron chi connectivity index (χ0n) is 19.2. The van der Waals surface area contributed by atoms with Gasteiger partial charge in [0.1, 0.15) is 11.6 Å². The molecule has 178 valence electrons. The van der Waals surface area contributed by atoms with Gasteiger partial charge >= 0.3 is 0 Å². The van der Waals surface area contributed by atoms with E-state index >= 15 is 4.39 Å². The van der Waals surface area contributed by atoms with Crippen molar-refractivity contribution in [3.8, 4) is 5.75 Å². The predicted octanol–water partition coefficient (Wildman–Crippen LogP) is 2.06. The lowest BCUT2D eigenvalue weighted by Crippen LogP contribution is -2.41. The Morgan fingerprint density at radius 3 is 2.70 bits per heavy atom. The van der Waals surface area contributed by atoms with Crippen molar-refractivity contribution in [3.63, 3.8) is 0 Å². The molecule has 33 heavy (non-hydrogen) atoms. The van der Waals surface area contributed by atoms with Crippen LogP contribution in [-0.2, 0) is 15.8 Å². The van der Waals surface area contributed by atoms with Crippen LogP contribution in [-0.4, -0.2) is 81.6 Å². The first-order valence-corrected chi connectivity index (χ1v) is 12.7. The Labute approximate surface area is 196 Å². The lowest BCUT2D eigenvalue weighted by molar-refractivity contribution is -0.135. The maximum absolute atomic E-state index is 15.1. The fourth-order valence-corrected chi connectivity index (χ4v) is 5.78. The molecule has 2 saturated heterocycles. The third-order valence-corrected chi connectivity index (χ3v) is 7.87. The summed E-state index contributed by atoms with van der Waals surface area (Å²) in [4.78, 5) is 17.6. The second-order valence-electron chi connectivity index (χ2n) is 8.61. The number of ether oxygens (including phenoxy) is 1. The van der Waals surface area contributed by atoms with Crippen LogP contribution in [0.3, 0.4) is 0 Å². The van der Waals surface area contributed by atoms with Gasteiger partial charge in [-0.05, 0) is 37.1 Å². The molecule has 0 spiro atoms. The molecule has 1 aromatic heterocycles. The number of carbonyl (C=O) groups is 1. The van der Waals surface area contributed by atoms with Crippen LogP contribution in [0.25, 0.3) is 0 Å². The fourth-order valence-electron chi connectivity index (χ4n) is 4.83. The molecule has 1 amide bonds. The second kappa shape index (κ2) is 10.1. The second-order valence-corrected chi connectivity index (χ2v) is 9.93. The highest BCUT2D eigenvalue weighted by atomic mass is 32.2. The maximum atomic E-state index is 15.1. The topological polar surface area (TPSA) is 78.9 Å². The summed E-state index contributed by atoms with van der Waals surface area (Å²) in [5.74, 6) is -0.0278. The minimum atomic E-state index is -1.09. The predicted molar refractivity (Wildman–Crippen MR) is 125 cm³/mol. The van der Waals surface area contributed by atoms with Crippen LogP contribution < -0.4 is 9.64 Å². The lowest BCUT2D eigenvalue weighted by atomic mass is 9.87. The molecule has 8 nitrogen and oxygen atoms in total. The van der Waals surface area contributed by atoms with Crippen molar-refractivity contribution in [2.75, 3.05) is 51.0 Å². The summed E-state index contributed by atoms with van der Waals surface area (Å²) in [6.07, 6.45) is 4.02. The van der Waals surface area contributed by atoms with Crippen molar-refractivity contribution < 1.29 is 18.1 Å². The molecule has 2 aromatic rings. The highest BCUT2D eigenvalue weighted by molar-refractivity contribution is 7.81. The molecule has 1 aromatic carbocycles. The van der Waals surface area contributed by atoms with Gasteiger partial charge in [-0.15, -0.1) is 5.10 Å². The van der Waals surface area contributed by atoms with Gasteiger partial charge in [-0.2, -0.15) is 5.10 Å². The molecule has 2 aliphatic heterocycles. The number of amides is 1. The smallest absolute Gasteiger partial charge is 0.228 e. The van der Waals surface area contributed by atoms with Gasteiger partial charge in [0, 0.05) is 63.2 Å². The zero-order valence-corrected chi connectivity index (χ0v) is 20.0. The van der Waals surface area contributed by atoms with E-state index < -0.39 is 16.9 Å². The number of hydrogen-bond donors (Lipinski definition) is 0. The van der Waals surface area contributed by atoms with Crippen molar-refractivity contribution in [1.82, 2.24) is 19.4 Å². The van der Waals surface area contributed by atoms with Crippen molar-refractivity contribution in [3.05, 3.63) is 47.9 Å². The van der Waals surface area contributed by atoms with Crippen LogP contribution in [0.2, 0.25) is 0 Å². The van der Waals surface area contributed by atoms with E-state index in [9.17, 15) is 9.00 Å². The third kappa shape index (κ3) is 5.01. The quantitative estimate of drug-likeness (QED) is 0.659. The number of benzene rings is 1. The normalized spacial score (nSPS) is 25.0. The molecule has 4 atom stereocenters. The summed E-state index contributed by atoms with van der Waals surface area (Å²) >= 11 is 0. The first kappa shape index (κ1) is 23.6. The van der Waals surface area contributed by atoms with Crippen molar-refractivity contribution in [1.29, 1.82) is 0 Å². The Morgan fingerprint density at radius 2 is 2.03 bits per heavy atom. The van der Waals surface area contributed by atoms with Crippen LogP contribution in [0.15, 0.2) is 36.5 Å². The van der Waals surface area contributed by atoms with E-state index in [0.29, 0.717) is 49.9 Å². The van der Waals surface area contributed by atoms with Crippen LogP contribution >= 0.6 is 0 Å². The van der Waals surface area contributed by atoms with E-state index in [4.69, 9.17) is 4.74 Å². The standard InChI is InChI=1S/C23H30FN5O3S/c1-16-8-10-27(11-12-29(16)33(3)31)23(30)20-15-28(22-5-4-9-25-26-22)14-19(20)18-7-6-17(32-2)13-21(18)24/h4-7,9,13,16,19-20H,8,10-12,14-15H2,1-3H3/t16?,19-,20+,33?/m0/s1. The number of anilines is 1. The van der Waals surface area contributed by atoms with Crippen LogP contribution in [0.1, 0.15) is 24.8 Å². The van der Waals surface area contributed by atoms with Crippen LogP contribution in [0, 0.1) is 11.7 Å². The van der Waals surface area contributed by atoms with Crippen molar-refractivity contribution in [2.24, 2.45) is 5.92 Å². The number of aromatic nitrogens is 2. The maximum Gasteiger partial charge on any atom is 0.228 e. The van der Waals surface area contributed by atoms with Gasteiger partial charge in [-0.25, -0.2) is 12.9 Å². The van der Waals surface area contributed by atoms with E-state index in [1.165, 1.54) is 13.2 Å². The largest absolute Gasteiger partial charge is 0.497 e. The number of hydrogen-bond acceptors (Lipinski definition) is 6. The van der Waals surface area contributed by atoms with E-state index in [1.807, 2.05) is 27.1 Å². The summed E-state index contributed by atoms with van der Waals surface area (Å²) in [6, 6.07) is 8.59. The summed E-state index contributed by atoms with van der Waals surface area (Å²) in [5.41, 5.74) is 0.500. The van der Waals surface area contributed by atoms with E-state index in [1.54, 1.807) is 30.7 Å². The van der Waals surface area contributed by atoms with Gasteiger partial charge in [0.25, 0.3) is 0 Å². The van der Waals surface area contributed by atoms with Crippen LogP contribution in [0.4, 0.5) is 10.2 Å². The molecule has 4 rings (SSSR count). The highest BCUT2D eigenvalue weighted by Gasteiger charge is 2.42. The summed E-state index contributed by atoms with van der Waals surface area (Å²) < 4.78 is 34.2. The minimum Gasteiger partial charge on any atom is -0.497 e. The average Bonchev–Trinajstić information content (AvgIpc) is 3.16. The Balaban J connectivity index is 1.61. The molecule has 0 aliphatic carbocycles. The molecule has 0 radical (unpaired) electrons. The lowest BCUT2D eigenvalue weighted by Gasteiger charge is -2.27. The van der Waals surface area contributed by atoms with Crippen molar-refractivity contribution >= 4 is 22.7 Å². The van der Waals surface area contributed by atoms with E-state index in [0.717, 1.165) is 6.42 Å². The SMILES string of the molecule is COc1ccc([C@@H]2CN(c3cccnn3)C[C@H]2C(=O)N2CCC(C)N(S(C)=O)CC2)c(F)c1. The molecule has 3 heterocycles. The number of rotatable bonds is 5. The van der Waals surface area contributed by atoms with Crippen LogP contribution in [0.5, 0.6) is 5.75 Å². The van der Waals surface area contributed by atoms with Gasteiger partial charge < -0.3 is 14.5 Å². The molecule has 2 aliphatic rings. The molecular weight excluding hydrogens is 445 g/mol. The van der Waals surface area contributed by atoms with E-state index in [2.05, 4.69) is 10.2 Å². The minimum absolute atomic E-state index is 0.00227. The van der Waals surface area contributed by atoms with Gasteiger partial charge in [0.2, 0.25) is 5.91 Å². The highest BCUT2D eigenvalue weighted by Crippen LogP contribution is 2.38. The molecule has 2 unspecified atom stereocenters. The van der Waals surface area contributed by atoms with Gasteiger partial charge in [0.15, 0.2) is 5.82 Å².